The molecule has 0 fully saturated rings. The van der Waals surface area contributed by atoms with Gasteiger partial charge in [0.1, 0.15) is 12.6 Å². The first-order chi connectivity index (χ1) is 10.1. The molecule has 0 heterocycles. The van der Waals surface area contributed by atoms with Gasteiger partial charge in [-0.2, -0.15) is 0 Å². The molecular weight excluding hydrogens is 262 g/mol. The summed E-state index contributed by atoms with van der Waals surface area (Å²) in [6, 6.07) is 0.123. The molecule has 3 atom stereocenters. The lowest BCUT2D eigenvalue weighted by Crippen LogP contribution is -3.11. The van der Waals surface area contributed by atoms with Crippen LogP contribution in [0.25, 0.3) is 0 Å². The van der Waals surface area contributed by atoms with E-state index in [-0.39, 0.29) is 11.1 Å². The summed E-state index contributed by atoms with van der Waals surface area (Å²) in [7, 11) is 0. The Morgan fingerprint density at radius 3 is 1.67 bits per heavy atom. The lowest BCUT2D eigenvalue weighted by molar-refractivity contribution is -0.877. The molecule has 0 aromatic rings. The maximum Gasteiger partial charge on any atom is 0.103 e. The highest BCUT2D eigenvalue weighted by Gasteiger charge is 2.11. The first-order valence-electron chi connectivity index (χ1n) is 9.28. The van der Waals surface area contributed by atoms with Gasteiger partial charge >= 0.3 is 0 Å². The molecule has 3 unspecified atom stereocenters. The normalized spacial score (nSPS) is 15.9. The van der Waals surface area contributed by atoms with E-state index in [1.54, 1.807) is 6.92 Å². The molecule has 0 saturated carbocycles. The van der Waals surface area contributed by atoms with Crippen molar-refractivity contribution in [1.82, 2.24) is 0 Å². The fourth-order valence-corrected chi connectivity index (χ4v) is 2.77. The highest BCUT2D eigenvalue weighted by atomic mass is 16.5. The predicted molar refractivity (Wildman–Crippen MR) is 91.4 cm³/mol. The van der Waals surface area contributed by atoms with Crippen molar-refractivity contribution in [3.8, 4) is 0 Å². The maximum absolute atomic E-state index is 11.7. The van der Waals surface area contributed by atoms with Crippen LogP contribution in [0.5, 0.6) is 0 Å². The first kappa shape index (κ1) is 20.9. The molecule has 0 radical (unpaired) electrons. The van der Waals surface area contributed by atoms with Gasteiger partial charge in [-0.1, -0.05) is 71.1 Å². The quantitative estimate of drug-likeness (QED) is 0.357. The molecule has 0 aliphatic rings. The van der Waals surface area contributed by atoms with Gasteiger partial charge in [-0.15, -0.1) is 0 Å². The second kappa shape index (κ2) is 14.8. The number of aliphatic hydroxyl groups excluding tert-OH is 1. The Balaban J connectivity index is 3.24. The Morgan fingerprint density at radius 2 is 1.24 bits per heavy atom. The van der Waals surface area contributed by atoms with E-state index in [0.717, 1.165) is 12.8 Å². The third-order valence-corrected chi connectivity index (χ3v) is 4.29. The molecule has 3 heteroatoms. The fraction of sp³-hybridized carbons (Fsp3) is 1.00. The highest BCUT2D eigenvalue weighted by Crippen LogP contribution is 2.12. The van der Waals surface area contributed by atoms with E-state index in [9.17, 15) is 10.3 Å². The van der Waals surface area contributed by atoms with Crippen LogP contribution in [0.4, 0.5) is 0 Å². The third-order valence-electron chi connectivity index (χ3n) is 4.29. The van der Waals surface area contributed by atoms with Crippen molar-refractivity contribution < 1.29 is 10.2 Å². The lowest BCUT2D eigenvalue weighted by atomic mass is 10.0. The number of aliphatic hydroxyl groups is 1. The fourth-order valence-electron chi connectivity index (χ4n) is 2.77. The second-order valence-corrected chi connectivity index (χ2v) is 6.74. The van der Waals surface area contributed by atoms with E-state index < -0.39 is 6.10 Å². The van der Waals surface area contributed by atoms with Crippen molar-refractivity contribution in [1.29, 1.82) is 0 Å². The zero-order valence-electron chi connectivity index (χ0n) is 14.7. The summed E-state index contributed by atoms with van der Waals surface area (Å²) in [5, 5.41) is 21.1. The zero-order chi connectivity index (χ0) is 15.9. The lowest BCUT2D eigenvalue weighted by Gasteiger charge is -2.30. The summed E-state index contributed by atoms with van der Waals surface area (Å²) in [6.45, 7) is 6.27. The van der Waals surface area contributed by atoms with E-state index in [0.29, 0.717) is 6.54 Å². The molecule has 21 heavy (non-hydrogen) atoms. The number of unbranched alkanes of at least 4 members (excludes halogenated alkanes) is 10. The summed E-state index contributed by atoms with van der Waals surface area (Å²) >= 11 is 0. The van der Waals surface area contributed by atoms with Crippen LogP contribution in [0.15, 0.2) is 0 Å². The maximum atomic E-state index is 11.7. The van der Waals surface area contributed by atoms with Gasteiger partial charge in [0.05, 0.1) is 6.04 Å². The Labute approximate surface area is 132 Å². The zero-order valence-corrected chi connectivity index (χ0v) is 14.7. The highest BCUT2D eigenvalue weighted by molar-refractivity contribution is 4.53. The van der Waals surface area contributed by atoms with E-state index >= 15 is 0 Å². The molecule has 0 aliphatic carbocycles. The number of nitrogens with one attached hydrogen (secondary N) is 1. The standard InChI is InChI=1S/C18H39NO2/c1-4-5-6-7-8-9-10-11-12-13-14-15-17(2)19(21)16-18(3)20/h17-20H,4-16H2,1-3H3. The molecule has 0 bridgehead atoms. The molecule has 0 rings (SSSR count). The van der Waals surface area contributed by atoms with Crippen LogP contribution in [-0.2, 0) is 0 Å². The molecule has 0 aromatic heterocycles. The Hall–Kier alpha value is -0.120. The Bertz CT molecular complexity index is 209. The molecule has 2 N–H and O–H groups in total. The summed E-state index contributed by atoms with van der Waals surface area (Å²) in [5.74, 6) is 0. The number of rotatable bonds is 15. The number of quaternary nitrogens is 1. The first-order valence-corrected chi connectivity index (χ1v) is 9.28. The van der Waals surface area contributed by atoms with E-state index in [1.807, 2.05) is 6.92 Å². The van der Waals surface area contributed by atoms with Gasteiger partial charge in [0, 0.05) is 0 Å². The van der Waals surface area contributed by atoms with Crippen molar-refractivity contribution in [2.45, 2.75) is 110 Å². The third kappa shape index (κ3) is 14.6. The van der Waals surface area contributed by atoms with Crippen LogP contribution in [-0.4, -0.2) is 23.8 Å². The van der Waals surface area contributed by atoms with Crippen LogP contribution in [0.2, 0.25) is 0 Å². The topological polar surface area (TPSA) is 47.7 Å². The number of hydroxylamine groups is 2. The molecule has 0 aromatic carbocycles. The molecule has 0 spiro atoms. The summed E-state index contributed by atoms with van der Waals surface area (Å²) in [5.41, 5.74) is 0. The minimum atomic E-state index is -0.489. The summed E-state index contributed by atoms with van der Waals surface area (Å²) in [4.78, 5) is 0. The van der Waals surface area contributed by atoms with Crippen LogP contribution in [0.1, 0.15) is 97.8 Å². The smallest absolute Gasteiger partial charge is 0.103 e. The SMILES string of the molecule is CCCCCCCCCCCCCC(C)[NH+]([O-])CC(C)O. The molecular formula is C18H39NO2. The van der Waals surface area contributed by atoms with Gasteiger partial charge in [0.25, 0.3) is 0 Å². The van der Waals surface area contributed by atoms with Gasteiger partial charge in [0.15, 0.2) is 0 Å². The largest absolute Gasteiger partial charge is 0.634 e. The molecule has 0 saturated heterocycles. The average Bonchev–Trinajstić information content (AvgIpc) is 2.43. The Morgan fingerprint density at radius 1 is 0.810 bits per heavy atom. The minimum absolute atomic E-state index is 0.123. The predicted octanol–water partition coefficient (Wildman–Crippen LogP) is 3.84. The summed E-state index contributed by atoms with van der Waals surface area (Å²) < 4.78 is 0. The van der Waals surface area contributed by atoms with Gasteiger partial charge in [-0.05, 0) is 26.7 Å². The van der Waals surface area contributed by atoms with E-state index in [2.05, 4.69) is 6.92 Å². The van der Waals surface area contributed by atoms with Crippen LogP contribution >= 0.6 is 0 Å². The van der Waals surface area contributed by atoms with Crippen molar-refractivity contribution in [3.05, 3.63) is 5.21 Å². The minimum Gasteiger partial charge on any atom is -0.634 e. The van der Waals surface area contributed by atoms with Crippen LogP contribution < -0.4 is 5.06 Å². The van der Waals surface area contributed by atoms with Crippen LogP contribution in [0.3, 0.4) is 0 Å². The van der Waals surface area contributed by atoms with Crippen molar-refractivity contribution in [2.75, 3.05) is 6.54 Å². The molecule has 3 nitrogen and oxygen atoms in total. The summed E-state index contributed by atoms with van der Waals surface area (Å²) in [6.07, 6.45) is 15.3. The molecule has 0 amide bonds. The van der Waals surface area contributed by atoms with Crippen molar-refractivity contribution in [2.24, 2.45) is 0 Å². The number of hydrogen-bond donors (Lipinski definition) is 2. The van der Waals surface area contributed by atoms with E-state index in [1.165, 1.54) is 64.2 Å². The number of hydrogen-bond acceptors (Lipinski definition) is 2. The van der Waals surface area contributed by atoms with Gasteiger partial charge in [0.2, 0.25) is 0 Å². The monoisotopic (exact) mass is 301 g/mol. The van der Waals surface area contributed by atoms with Crippen LogP contribution in [0, 0.1) is 5.21 Å². The van der Waals surface area contributed by atoms with Crippen molar-refractivity contribution >= 4 is 0 Å². The van der Waals surface area contributed by atoms with Gasteiger partial charge in [-0.25, -0.2) is 0 Å². The second-order valence-electron chi connectivity index (χ2n) is 6.74. The van der Waals surface area contributed by atoms with Gasteiger partial charge in [-0.3, -0.25) is 0 Å². The van der Waals surface area contributed by atoms with Crippen molar-refractivity contribution in [3.63, 3.8) is 0 Å². The Kier molecular flexibility index (Phi) is 14.7. The van der Waals surface area contributed by atoms with E-state index in [4.69, 9.17) is 0 Å². The van der Waals surface area contributed by atoms with Gasteiger partial charge < -0.3 is 15.4 Å². The average molecular weight is 302 g/mol. The molecule has 0 aliphatic heterocycles. The molecule has 128 valence electrons.